The Labute approximate surface area is 144 Å². The van der Waals surface area contributed by atoms with Crippen LogP contribution in [0.3, 0.4) is 0 Å². The zero-order chi connectivity index (χ0) is 16.9. The fraction of sp³-hybridized carbons (Fsp3) is 0.684. The number of halogens is 1. The Morgan fingerprint density at radius 2 is 1.58 bits per heavy atom. The average molecular weight is 351 g/mol. The van der Waals surface area contributed by atoms with Gasteiger partial charge in [0.25, 0.3) is 0 Å². The minimum atomic E-state index is -3.60. The summed E-state index contributed by atoms with van der Waals surface area (Å²) in [6.07, 6.45) is 8.37. The molecule has 1 aromatic rings. The molecular formula is C19H26FNO2S. The summed E-state index contributed by atoms with van der Waals surface area (Å²) in [6.45, 7) is 2.08. The average Bonchev–Trinajstić information content (AvgIpc) is 2.51. The second kappa shape index (κ2) is 5.80. The molecule has 0 amide bonds. The van der Waals surface area contributed by atoms with Gasteiger partial charge in [0.1, 0.15) is 5.82 Å². The van der Waals surface area contributed by atoms with Crippen LogP contribution in [0, 0.1) is 29.0 Å². The number of rotatable bonds is 5. The van der Waals surface area contributed by atoms with Crippen molar-refractivity contribution >= 4 is 10.0 Å². The maximum atomic E-state index is 13.1. The Bertz CT molecular complexity index is 678. The maximum absolute atomic E-state index is 13.1. The van der Waals surface area contributed by atoms with E-state index >= 15 is 0 Å². The first-order valence-corrected chi connectivity index (χ1v) is 10.7. The highest BCUT2D eigenvalue weighted by molar-refractivity contribution is 7.89. The summed E-state index contributed by atoms with van der Waals surface area (Å²) >= 11 is 0. The van der Waals surface area contributed by atoms with Gasteiger partial charge in [0.05, 0.1) is 4.90 Å². The molecule has 132 valence electrons. The van der Waals surface area contributed by atoms with E-state index in [4.69, 9.17) is 0 Å². The summed E-state index contributed by atoms with van der Waals surface area (Å²) in [6, 6.07) is 5.11. The highest BCUT2D eigenvalue weighted by Crippen LogP contribution is 2.61. The lowest BCUT2D eigenvalue weighted by Gasteiger charge is -2.59. The molecule has 1 atom stereocenters. The van der Waals surface area contributed by atoms with Crippen molar-refractivity contribution in [2.24, 2.45) is 23.2 Å². The van der Waals surface area contributed by atoms with E-state index in [-0.39, 0.29) is 16.4 Å². The summed E-state index contributed by atoms with van der Waals surface area (Å²) in [5.74, 6) is 1.96. The molecule has 4 saturated carbocycles. The Morgan fingerprint density at radius 1 is 1.08 bits per heavy atom. The second-order valence-electron chi connectivity index (χ2n) is 8.32. The third kappa shape index (κ3) is 2.80. The van der Waals surface area contributed by atoms with Gasteiger partial charge >= 0.3 is 0 Å². The normalized spacial score (nSPS) is 36.0. The van der Waals surface area contributed by atoms with Crippen molar-refractivity contribution in [1.29, 1.82) is 0 Å². The van der Waals surface area contributed by atoms with Crippen LogP contribution in [0.5, 0.6) is 0 Å². The molecular weight excluding hydrogens is 325 g/mol. The van der Waals surface area contributed by atoms with Crippen LogP contribution in [0.2, 0.25) is 0 Å². The predicted molar refractivity (Wildman–Crippen MR) is 91.4 cm³/mol. The van der Waals surface area contributed by atoms with Crippen molar-refractivity contribution in [3.63, 3.8) is 0 Å². The van der Waals surface area contributed by atoms with Gasteiger partial charge in [0.2, 0.25) is 10.0 Å². The van der Waals surface area contributed by atoms with Gasteiger partial charge in [-0.1, -0.05) is 6.92 Å². The molecule has 0 unspecified atom stereocenters. The van der Waals surface area contributed by atoms with E-state index in [2.05, 4.69) is 11.6 Å². The molecule has 3 nitrogen and oxygen atoms in total. The molecule has 5 heteroatoms. The van der Waals surface area contributed by atoms with Crippen LogP contribution in [0.25, 0.3) is 0 Å². The molecule has 0 heterocycles. The summed E-state index contributed by atoms with van der Waals surface area (Å²) in [5, 5.41) is 0. The molecule has 4 aliphatic carbocycles. The van der Waals surface area contributed by atoms with Gasteiger partial charge in [0.15, 0.2) is 0 Å². The van der Waals surface area contributed by atoms with Crippen molar-refractivity contribution in [1.82, 2.24) is 4.72 Å². The van der Waals surface area contributed by atoms with E-state index < -0.39 is 15.8 Å². The predicted octanol–water partition coefficient (Wildman–Crippen LogP) is 4.10. The van der Waals surface area contributed by atoms with Crippen LogP contribution in [0.15, 0.2) is 29.2 Å². The SMILES string of the molecule is CC[C@H](NS(=O)(=O)c1ccc(F)cc1)C12CC3CC(CC(C3)C1)C2. The molecule has 0 radical (unpaired) electrons. The van der Waals surface area contributed by atoms with Gasteiger partial charge in [-0.3, -0.25) is 0 Å². The number of benzene rings is 1. The van der Waals surface area contributed by atoms with Crippen LogP contribution in [0.1, 0.15) is 51.9 Å². The molecule has 4 fully saturated rings. The molecule has 24 heavy (non-hydrogen) atoms. The zero-order valence-corrected chi connectivity index (χ0v) is 15.0. The molecule has 0 spiro atoms. The lowest BCUT2D eigenvalue weighted by Crippen LogP contribution is -2.56. The van der Waals surface area contributed by atoms with Gasteiger partial charge in [-0.15, -0.1) is 0 Å². The minimum absolute atomic E-state index is 0.0130. The fourth-order valence-electron chi connectivity index (χ4n) is 6.11. The van der Waals surface area contributed by atoms with E-state index in [0.717, 1.165) is 24.2 Å². The van der Waals surface area contributed by atoms with Crippen LogP contribution in [0.4, 0.5) is 4.39 Å². The smallest absolute Gasteiger partial charge is 0.208 e. The second-order valence-corrected chi connectivity index (χ2v) is 10.0. The first-order chi connectivity index (χ1) is 11.4. The van der Waals surface area contributed by atoms with Crippen molar-refractivity contribution in [2.75, 3.05) is 0 Å². The quantitative estimate of drug-likeness (QED) is 0.868. The van der Waals surface area contributed by atoms with Gasteiger partial charge in [-0.05, 0) is 92.4 Å². The highest BCUT2D eigenvalue weighted by atomic mass is 32.2. The summed E-state index contributed by atoms with van der Waals surface area (Å²) in [4.78, 5) is 0.159. The minimum Gasteiger partial charge on any atom is -0.208 e. The first kappa shape index (κ1) is 16.5. The molecule has 0 aromatic heterocycles. The molecule has 0 saturated heterocycles. The Kier molecular flexibility index (Phi) is 4.00. The molecule has 0 aliphatic heterocycles. The first-order valence-electron chi connectivity index (χ1n) is 9.18. The standard InChI is InChI=1S/C19H26FNO2S/c1-2-18(21-24(22,23)17-5-3-16(20)4-6-17)19-10-13-7-14(11-19)9-15(8-13)12-19/h3-6,13-15,18,21H,2,7-12H2,1H3/t13?,14?,15?,18-,19?/m0/s1. The maximum Gasteiger partial charge on any atom is 0.240 e. The van der Waals surface area contributed by atoms with E-state index in [1.54, 1.807) is 0 Å². The fourth-order valence-corrected chi connectivity index (χ4v) is 7.54. The molecule has 1 aromatic carbocycles. The van der Waals surface area contributed by atoms with Crippen LogP contribution >= 0.6 is 0 Å². The van der Waals surface area contributed by atoms with Crippen LogP contribution in [-0.4, -0.2) is 14.5 Å². The lowest BCUT2D eigenvalue weighted by molar-refractivity contribution is -0.0704. The molecule has 4 aliphatic rings. The summed E-state index contributed by atoms with van der Waals surface area (Å²) in [5.41, 5.74) is 0.136. The Morgan fingerprint density at radius 3 is 2.04 bits per heavy atom. The largest absolute Gasteiger partial charge is 0.240 e. The van der Waals surface area contributed by atoms with Crippen molar-refractivity contribution in [3.8, 4) is 0 Å². The molecule has 5 rings (SSSR count). The molecule has 4 bridgehead atoms. The van der Waals surface area contributed by atoms with Gasteiger partial charge in [0, 0.05) is 6.04 Å². The molecule has 1 N–H and O–H groups in total. The van der Waals surface area contributed by atoms with E-state index in [1.807, 2.05) is 0 Å². The van der Waals surface area contributed by atoms with Gasteiger partial charge in [-0.25, -0.2) is 17.5 Å². The van der Waals surface area contributed by atoms with Crippen LogP contribution in [-0.2, 0) is 10.0 Å². The Balaban J connectivity index is 1.59. The van der Waals surface area contributed by atoms with Crippen molar-refractivity contribution < 1.29 is 12.8 Å². The number of nitrogens with one attached hydrogen (secondary N) is 1. The monoisotopic (exact) mass is 351 g/mol. The topological polar surface area (TPSA) is 46.2 Å². The highest BCUT2D eigenvalue weighted by Gasteiger charge is 2.54. The van der Waals surface area contributed by atoms with Gasteiger partial charge < -0.3 is 0 Å². The van der Waals surface area contributed by atoms with Crippen molar-refractivity contribution in [3.05, 3.63) is 30.1 Å². The number of sulfonamides is 1. The van der Waals surface area contributed by atoms with Crippen LogP contribution < -0.4 is 4.72 Å². The summed E-state index contributed by atoms with van der Waals surface area (Å²) in [7, 11) is -3.60. The van der Waals surface area contributed by atoms with Crippen molar-refractivity contribution in [2.45, 2.75) is 62.8 Å². The third-order valence-electron chi connectivity index (χ3n) is 6.65. The number of hydrogen-bond donors (Lipinski definition) is 1. The lowest BCUT2D eigenvalue weighted by atomic mass is 9.47. The Hall–Kier alpha value is -0.940. The number of hydrogen-bond acceptors (Lipinski definition) is 2. The van der Waals surface area contributed by atoms with E-state index in [0.29, 0.717) is 0 Å². The third-order valence-corrected chi connectivity index (χ3v) is 8.14. The van der Waals surface area contributed by atoms with E-state index in [1.165, 1.54) is 62.8 Å². The zero-order valence-electron chi connectivity index (χ0n) is 14.2. The van der Waals surface area contributed by atoms with Gasteiger partial charge in [-0.2, -0.15) is 0 Å². The summed E-state index contributed by atoms with van der Waals surface area (Å²) < 4.78 is 41.6. The van der Waals surface area contributed by atoms with E-state index in [9.17, 15) is 12.8 Å².